The number of benzene rings is 2. The standard InChI is InChI=1S/C23H20ClN3O2/c1-14-4-5-19(12-22(14)24)26-23(29)18(13-25)11-17-10-15(2)27(16(17)3)20-6-8-21(28)9-7-20/h4-12,28H,1-3H3,(H,26,29)/b18-11-. The lowest BCUT2D eigenvalue weighted by Crippen LogP contribution is -2.13. The number of anilines is 1. The van der Waals surface area contributed by atoms with Crippen LogP contribution < -0.4 is 5.32 Å². The van der Waals surface area contributed by atoms with Crippen LogP contribution in [0.25, 0.3) is 11.8 Å². The van der Waals surface area contributed by atoms with E-state index in [1.165, 1.54) is 0 Å². The SMILES string of the molecule is Cc1ccc(NC(=O)/C(C#N)=C\c2cc(C)n(-c3ccc(O)cc3)c2C)cc1Cl. The first kappa shape index (κ1) is 20.2. The van der Waals surface area contributed by atoms with Crippen LogP contribution in [0.4, 0.5) is 5.69 Å². The van der Waals surface area contributed by atoms with Crippen molar-refractivity contribution in [2.45, 2.75) is 20.8 Å². The fourth-order valence-corrected chi connectivity index (χ4v) is 3.29. The van der Waals surface area contributed by atoms with Crippen LogP contribution in [0, 0.1) is 32.1 Å². The van der Waals surface area contributed by atoms with Crippen LogP contribution in [0.5, 0.6) is 5.75 Å². The molecule has 0 saturated heterocycles. The maximum atomic E-state index is 12.6. The summed E-state index contributed by atoms with van der Waals surface area (Å²) in [6.45, 7) is 5.73. The van der Waals surface area contributed by atoms with Crippen molar-refractivity contribution in [3.63, 3.8) is 0 Å². The molecule has 0 aliphatic rings. The zero-order valence-electron chi connectivity index (χ0n) is 16.3. The molecule has 0 aliphatic carbocycles. The van der Waals surface area contributed by atoms with Gasteiger partial charge in [0.15, 0.2) is 0 Å². The van der Waals surface area contributed by atoms with E-state index in [0.29, 0.717) is 10.7 Å². The van der Waals surface area contributed by atoms with Crippen LogP contribution >= 0.6 is 11.6 Å². The van der Waals surface area contributed by atoms with Gasteiger partial charge in [0.1, 0.15) is 17.4 Å². The van der Waals surface area contributed by atoms with Crippen molar-refractivity contribution in [3.05, 3.63) is 81.6 Å². The number of hydrogen-bond donors (Lipinski definition) is 2. The Morgan fingerprint density at radius 2 is 1.83 bits per heavy atom. The third-order valence-electron chi connectivity index (χ3n) is 4.67. The summed E-state index contributed by atoms with van der Waals surface area (Å²) in [5.74, 6) is -0.308. The Morgan fingerprint density at radius 1 is 1.14 bits per heavy atom. The molecule has 0 atom stereocenters. The minimum Gasteiger partial charge on any atom is -0.508 e. The van der Waals surface area contributed by atoms with E-state index in [1.807, 2.05) is 49.6 Å². The Kier molecular flexibility index (Phi) is 5.76. The normalized spacial score (nSPS) is 11.2. The second-order valence-electron chi connectivity index (χ2n) is 6.77. The second kappa shape index (κ2) is 8.26. The smallest absolute Gasteiger partial charge is 0.266 e. The molecule has 3 aromatic rings. The van der Waals surface area contributed by atoms with E-state index in [9.17, 15) is 15.2 Å². The summed E-state index contributed by atoms with van der Waals surface area (Å²) in [4.78, 5) is 12.6. The predicted octanol–water partition coefficient (Wildman–Crippen LogP) is 5.31. The van der Waals surface area contributed by atoms with Crippen LogP contribution in [0.3, 0.4) is 0 Å². The number of aromatic hydroxyl groups is 1. The van der Waals surface area contributed by atoms with Crippen molar-refractivity contribution in [2.24, 2.45) is 0 Å². The molecular formula is C23H20ClN3O2. The summed E-state index contributed by atoms with van der Waals surface area (Å²) in [5, 5.41) is 22.3. The number of phenolic OH excluding ortho intramolecular Hbond substituents is 1. The molecule has 0 spiro atoms. The summed E-state index contributed by atoms with van der Waals surface area (Å²) in [6.07, 6.45) is 1.57. The van der Waals surface area contributed by atoms with Crippen molar-refractivity contribution >= 4 is 29.3 Å². The molecule has 1 heterocycles. The van der Waals surface area contributed by atoms with E-state index in [2.05, 4.69) is 5.32 Å². The van der Waals surface area contributed by atoms with E-state index >= 15 is 0 Å². The lowest BCUT2D eigenvalue weighted by atomic mass is 10.1. The fourth-order valence-electron chi connectivity index (χ4n) is 3.11. The molecule has 2 N–H and O–H groups in total. The highest BCUT2D eigenvalue weighted by Gasteiger charge is 2.14. The minimum absolute atomic E-state index is 0.00680. The topological polar surface area (TPSA) is 78.0 Å². The molecule has 0 radical (unpaired) electrons. The number of aromatic nitrogens is 1. The number of rotatable bonds is 4. The highest BCUT2D eigenvalue weighted by molar-refractivity contribution is 6.31. The number of carbonyl (C=O) groups is 1. The van der Waals surface area contributed by atoms with Crippen LogP contribution in [0.1, 0.15) is 22.5 Å². The fraction of sp³-hybridized carbons (Fsp3) is 0.130. The number of aryl methyl sites for hydroxylation is 2. The highest BCUT2D eigenvalue weighted by Crippen LogP contribution is 2.25. The van der Waals surface area contributed by atoms with E-state index in [-0.39, 0.29) is 11.3 Å². The Hall–Kier alpha value is -3.49. The van der Waals surface area contributed by atoms with Gasteiger partial charge in [0, 0.05) is 27.8 Å². The van der Waals surface area contributed by atoms with Crippen molar-refractivity contribution in [1.29, 1.82) is 5.26 Å². The molecule has 3 rings (SSSR count). The Balaban J connectivity index is 1.92. The molecule has 0 saturated carbocycles. The number of halogens is 1. The van der Waals surface area contributed by atoms with Crippen molar-refractivity contribution < 1.29 is 9.90 Å². The van der Waals surface area contributed by atoms with E-state index in [0.717, 1.165) is 28.2 Å². The number of amides is 1. The van der Waals surface area contributed by atoms with Gasteiger partial charge in [-0.05, 0) is 80.4 Å². The lowest BCUT2D eigenvalue weighted by Gasteiger charge is -2.10. The minimum atomic E-state index is -0.498. The van der Waals surface area contributed by atoms with E-state index in [4.69, 9.17) is 11.6 Å². The molecule has 5 nitrogen and oxygen atoms in total. The van der Waals surface area contributed by atoms with Gasteiger partial charge in [-0.1, -0.05) is 17.7 Å². The number of nitriles is 1. The van der Waals surface area contributed by atoms with Gasteiger partial charge in [0.05, 0.1) is 0 Å². The lowest BCUT2D eigenvalue weighted by molar-refractivity contribution is -0.112. The van der Waals surface area contributed by atoms with Gasteiger partial charge >= 0.3 is 0 Å². The third-order valence-corrected chi connectivity index (χ3v) is 5.08. The molecular weight excluding hydrogens is 386 g/mol. The first-order chi connectivity index (χ1) is 13.8. The number of nitrogens with zero attached hydrogens (tertiary/aromatic N) is 2. The second-order valence-corrected chi connectivity index (χ2v) is 7.17. The van der Waals surface area contributed by atoms with Gasteiger partial charge in [0.25, 0.3) is 5.91 Å². The molecule has 1 amide bonds. The highest BCUT2D eigenvalue weighted by atomic mass is 35.5. The molecule has 0 bridgehead atoms. The maximum Gasteiger partial charge on any atom is 0.266 e. The van der Waals surface area contributed by atoms with Crippen molar-refractivity contribution in [1.82, 2.24) is 4.57 Å². The van der Waals surface area contributed by atoms with Gasteiger partial charge < -0.3 is 15.0 Å². The third kappa shape index (κ3) is 4.34. The summed E-state index contributed by atoms with van der Waals surface area (Å²) in [5.41, 5.74) is 4.91. The first-order valence-electron chi connectivity index (χ1n) is 8.98. The quantitative estimate of drug-likeness (QED) is 0.456. The largest absolute Gasteiger partial charge is 0.508 e. The summed E-state index contributed by atoms with van der Waals surface area (Å²) >= 11 is 6.10. The number of nitrogens with one attached hydrogen (secondary N) is 1. The van der Waals surface area contributed by atoms with E-state index in [1.54, 1.807) is 36.4 Å². The Morgan fingerprint density at radius 3 is 2.45 bits per heavy atom. The van der Waals surface area contributed by atoms with Crippen LogP contribution in [-0.2, 0) is 4.79 Å². The van der Waals surface area contributed by atoms with Crippen LogP contribution in [0.15, 0.2) is 54.1 Å². The monoisotopic (exact) mass is 405 g/mol. The summed E-state index contributed by atoms with van der Waals surface area (Å²) < 4.78 is 2.00. The van der Waals surface area contributed by atoms with Gasteiger partial charge in [-0.3, -0.25) is 4.79 Å². The average Bonchev–Trinajstić information content (AvgIpc) is 2.96. The van der Waals surface area contributed by atoms with Gasteiger partial charge in [-0.15, -0.1) is 0 Å². The molecule has 6 heteroatoms. The molecule has 1 aromatic heterocycles. The summed E-state index contributed by atoms with van der Waals surface area (Å²) in [7, 11) is 0. The first-order valence-corrected chi connectivity index (χ1v) is 9.35. The predicted molar refractivity (Wildman–Crippen MR) is 115 cm³/mol. The van der Waals surface area contributed by atoms with Crippen LogP contribution in [-0.4, -0.2) is 15.6 Å². The Labute approximate surface area is 174 Å². The zero-order valence-corrected chi connectivity index (χ0v) is 17.1. The van der Waals surface area contributed by atoms with Gasteiger partial charge in [0.2, 0.25) is 0 Å². The maximum absolute atomic E-state index is 12.6. The van der Waals surface area contributed by atoms with Crippen molar-refractivity contribution in [2.75, 3.05) is 5.32 Å². The van der Waals surface area contributed by atoms with Gasteiger partial charge in [-0.25, -0.2) is 0 Å². The van der Waals surface area contributed by atoms with E-state index < -0.39 is 5.91 Å². The molecule has 0 aliphatic heterocycles. The van der Waals surface area contributed by atoms with Crippen LogP contribution in [0.2, 0.25) is 5.02 Å². The zero-order chi connectivity index (χ0) is 21.1. The number of carbonyl (C=O) groups excluding carboxylic acids is 1. The molecule has 2 aromatic carbocycles. The molecule has 0 unspecified atom stereocenters. The Bertz CT molecular complexity index is 1150. The summed E-state index contributed by atoms with van der Waals surface area (Å²) in [6, 6.07) is 15.9. The molecule has 146 valence electrons. The number of phenols is 1. The number of hydrogen-bond acceptors (Lipinski definition) is 3. The molecule has 0 fully saturated rings. The molecule has 29 heavy (non-hydrogen) atoms. The van der Waals surface area contributed by atoms with Crippen molar-refractivity contribution in [3.8, 4) is 17.5 Å². The average molecular weight is 406 g/mol. The van der Waals surface area contributed by atoms with Gasteiger partial charge in [-0.2, -0.15) is 5.26 Å².